The first-order chi connectivity index (χ1) is 16.6. The van der Waals surface area contributed by atoms with E-state index in [9.17, 15) is 31.9 Å². The van der Waals surface area contributed by atoms with Crippen LogP contribution in [0.5, 0.6) is 0 Å². The number of carbonyl (C=O) groups excluding carboxylic acids is 3. The Balaban J connectivity index is 1.69. The standard InChI is InChI=1S/C24H14ClF4N3O3/c25-12-7-5-11(6-8-12)9-32-10-14(13-3-1-2-4-15(13)32)22(33)24(35)31-21-19(28)17(26)16(23(30)34)18(27)20(21)29/h1-8,10H,9H2,(H2,30,34)(H,31,35). The van der Waals surface area contributed by atoms with Crippen LogP contribution in [0.3, 0.4) is 0 Å². The van der Waals surface area contributed by atoms with Gasteiger partial charge in [-0.05, 0) is 23.8 Å². The van der Waals surface area contributed by atoms with E-state index in [2.05, 4.69) is 0 Å². The number of nitrogens with zero attached hydrogens (tertiary/aromatic N) is 1. The number of halogens is 5. The van der Waals surface area contributed by atoms with Crippen LogP contribution in [0.1, 0.15) is 26.3 Å². The Bertz CT molecular complexity index is 1490. The molecule has 3 aromatic carbocycles. The molecule has 0 spiro atoms. The lowest BCUT2D eigenvalue weighted by Gasteiger charge is -2.11. The van der Waals surface area contributed by atoms with Crippen LogP contribution in [0.15, 0.2) is 54.7 Å². The maximum atomic E-state index is 14.3. The van der Waals surface area contributed by atoms with E-state index in [1.807, 2.05) is 0 Å². The molecule has 0 unspecified atom stereocenters. The summed E-state index contributed by atoms with van der Waals surface area (Å²) in [6.07, 6.45) is 1.38. The molecule has 0 radical (unpaired) electrons. The normalized spacial score (nSPS) is 11.0. The minimum absolute atomic E-state index is 0.109. The summed E-state index contributed by atoms with van der Waals surface area (Å²) in [5.74, 6) is -12.9. The number of para-hydroxylation sites is 1. The molecule has 3 N–H and O–H groups in total. The molecule has 4 rings (SSSR count). The monoisotopic (exact) mass is 503 g/mol. The van der Waals surface area contributed by atoms with Gasteiger partial charge in [-0.25, -0.2) is 17.6 Å². The first kappa shape index (κ1) is 24.0. The van der Waals surface area contributed by atoms with Crippen molar-refractivity contribution in [3.63, 3.8) is 0 Å². The second kappa shape index (κ2) is 9.22. The van der Waals surface area contributed by atoms with Crippen LogP contribution in [0.25, 0.3) is 10.9 Å². The number of rotatable bonds is 6. The molecule has 0 aliphatic heterocycles. The van der Waals surface area contributed by atoms with Crippen molar-refractivity contribution in [3.8, 4) is 0 Å². The summed E-state index contributed by atoms with van der Waals surface area (Å²) >= 11 is 5.90. The molecular weight excluding hydrogens is 490 g/mol. The highest BCUT2D eigenvalue weighted by Gasteiger charge is 2.31. The summed E-state index contributed by atoms with van der Waals surface area (Å²) in [6, 6.07) is 13.5. The zero-order chi connectivity index (χ0) is 25.4. The summed E-state index contributed by atoms with van der Waals surface area (Å²) in [5.41, 5.74) is 2.85. The van der Waals surface area contributed by atoms with E-state index >= 15 is 0 Å². The highest BCUT2D eigenvalue weighted by atomic mass is 35.5. The number of carbonyl (C=O) groups is 3. The molecule has 1 heterocycles. The van der Waals surface area contributed by atoms with Crippen LogP contribution < -0.4 is 11.1 Å². The zero-order valence-corrected chi connectivity index (χ0v) is 18.3. The van der Waals surface area contributed by atoms with E-state index in [1.165, 1.54) is 6.20 Å². The Kier molecular flexibility index (Phi) is 6.31. The molecule has 4 aromatic rings. The maximum absolute atomic E-state index is 14.3. The Morgan fingerprint density at radius 3 is 2.09 bits per heavy atom. The molecule has 0 bridgehead atoms. The lowest BCUT2D eigenvalue weighted by atomic mass is 10.1. The Labute approximate surface area is 199 Å². The van der Waals surface area contributed by atoms with Crippen molar-refractivity contribution in [1.82, 2.24) is 4.57 Å². The summed E-state index contributed by atoms with van der Waals surface area (Å²) in [4.78, 5) is 36.6. The molecule has 0 aliphatic carbocycles. The average Bonchev–Trinajstić information content (AvgIpc) is 3.19. The van der Waals surface area contributed by atoms with Crippen LogP contribution in [-0.2, 0) is 11.3 Å². The second-order valence-corrected chi connectivity index (χ2v) is 7.90. The van der Waals surface area contributed by atoms with Crippen molar-refractivity contribution in [2.24, 2.45) is 5.73 Å². The third kappa shape index (κ3) is 4.35. The van der Waals surface area contributed by atoms with E-state index in [-0.39, 0.29) is 5.56 Å². The van der Waals surface area contributed by atoms with Gasteiger partial charge in [-0.1, -0.05) is 41.9 Å². The SMILES string of the molecule is NC(=O)c1c(F)c(F)c(NC(=O)C(=O)c2cn(Cc3ccc(Cl)cc3)c3ccccc23)c(F)c1F. The number of hydrogen-bond donors (Lipinski definition) is 2. The molecule has 6 nitrogen and oxygen atoms in total. The van der Waals surface area contributed by atoms with Gasteiger partial charge in [0, 0.05) is 28.7 Å². The molecule has 0 aliphatic rings. The first-order valence-corrected chi connectivity index (χ1v) is 10.3. The summed E-state index contributed by atoms with van der Waals surface area (Å²) in [6.45, 7) is 0.306. The summed E-state index contributed by atoms with van der Waals surface area (Å²) in [7, 11) is 0. The van der Waals surface area contributed by atoms with Crippen LogP contribution in [0.4, 0.5) is 23.2 Å². The smallest absolute Gasteiger partial charge is 0.297 e. The molecule has 2 amide bonds. The van der Waals surface area contributed by atoms with Gasteiger partial charge in [0.2, 0.25) is 0 Å². The molecule has 1 aromatic heterocycles. The predicted octanol–water partition coefficient (Wildman–Crippen LogP) is 4.82. The maximum Gasteiger partial charge on any atom is 0.297 e. The van der Waals surface area contributed by atoms with Gasteiger partial charge >= 0.3 is 0 Å². The molecule has 11 heteroatoms. The Morgan fingerprint density at radius 2 is 1.49 bits per heavy atom. The minimum atomic E-state index is -2.10. The quantitative estimate of drug-likeness (QED) is 0.171. The highest BCUT2D eigenvalue weighted by Crippen LogP contribution is 2.29. The van der Waals surface area contributed by atoms with E-state index in [0.29, 0.717) is 22.5 Å². The van der Waals surface area contributed by atoms with Crippen molar-refractivity contribution < 1.29 is 31.9 Å². The van der Waals surface area contributed by atoms with Crippen LogP contribution in [-0.4, -0.2) is 22.2 Å². The van der Waals surface area contributed by atoms with Crippen molar-refractivity contribution in [2.45, 2.75) is 6.54 Å². The van der Waals surface area contributed by atoms with Crippen LogP contribution in [0, 0.1) is 23.3 Å². The largest absolute Gasteiger partial charge is 0.365 e. The number of Topliss-reactive ketones (excluding diaryl/α,β-unsaturated/α-hetero) is 1. The lowest BCUT2D eigenvalue weighted by molar-refractivity contribution is -0.112. The summed E-state index contributed by atoms with van der Waals surface area (Å²) < 4.78 is 58.3. The van der Waals surface area contributed by atoms with E-state index in [0.717, 1.165) is 5.56 Å². The number of nitrogens with one attached hydrogen (secondary N) is 1. The Hall–Kier alpha value is -4.18. The van der Waals surface area contributed by atoms with Crippen LogP contribution >= 0.6 is 11.6 Å². The van der Waals surface area contributed by atoms with Gasteiger partial charge in [-0.15, -0.1) is 0 Å². The second-order valence-electron chi connectivity index (χ2n) is 7.47. The van der Waals surface area contributed by atoms with Crippen molar-refractivity contribution in [3.05, 3.63) is 99.7 Å². The molecule has 0 saturated carbocycles. The van der Waals surface area contributed by atoms with E-state index in [1.54, 1.807) is 58.4 Å². The van der Waals surface area contributed by atoms with Crippen molar-refractivity contribution >= 4 is 45.8 Å². The van der Waals surface area contributed by atoms with Crippen molar-refractivity contribution in [2.75, 3.05) is 5.32 Å². The number of anilines is 1. The molecular formula is C24H14ClF4N3O3. The van der Waals surface area contributed by atoms with Crippen molar-refractivity contribution in [1.29, 1.82) is 0 Å². The highest BCUT2D eigenvalue weighted by molar-refractivity contribution is 6.48. The van der Waals surface area contributed by atoms with Gasteiger partial charge < -0.3 is 15.6 Å². The van der Waals surface area contributed by atoms with Gasteiger partial charge in [-0.2, -0.15) is 0 Å². The average molecular weight is 504 g/mol. The zero-order valence-electron chi connectivity index (χ0n) is 17.5. The van der Waals surface area contributed by atoms with Gasteiger partial charge in [-0.3, -0.25) is 14.4 Å². The van der Waals surface area contributed by atoms with Gasteiger partial charge in [0.25, 0.3) is 17.6 Å². The molecule has 0 atom stereocenters. The molecule has 0 fully saturated rings. The fourth-order valence-corrected chi connectivity index (χ4v) is 3.72. The third-order valence-electron chi connectivity index (χ3n) is 5.25. The van der Waals surface area contributed by atoms with E-state index in [4.69, 9.17) is 17.3 Å². The fraction of sp³-hybridized carbons (Fsp3) is 0.0417. The number of hydrogen-bond acceptors (Lipinski definition) is 3. The number of aromatic nitrogens is 1. The summed E-state index contributed by atoms with van der Waals surface area (Å²) in [5, 5.41) is 2.46. The number of ketones is 1. The number of benzene rings is 3. The molecule has 0 saturated heterocycles. The predicted molar refractivity (Wildman–Crippen MR) is 120 cm³/mol. The number of fused-ring (bicyclic) bond motifs is 1. The first-order valence-electron chi connectivity index (χ1n) is 9.93. The third-order valence-corrected chi connectivity index (χ3v) is 5.51. The van der Waals surface area contributed by atoms with Crippen LogP contribution in [0.2, 0.25) is 5.02 Å². The molecule has 35 heavy (non-hydrogen) atoms. The fourth-order valence-electron chi connectivity index (χ4n) is 3.60. The van der Waals surface area contributed by atoms with E-state index < -0.39 is 52.1 Å². The van der Waals surface area contributed by atoms with Gasteiger partial charge in [0.15, 0.2) is 23.3 Å². The minimum Gasteiger partial charge on any atom is -0.365 e. The van der Waals surface area contributed by atoms with Gasteiger partial charge in [0.05, 0.1) is 5.56 Å². The molecule has 178 valence electrons. The van der Waals surface area contributed by atoms with Gasteiger partial charge in [0.1, 0.15) is 11.3 Å². The number of primary amides is 1. The number of amides is 2. The topological polar surface area (TPSA) is 94.2 Å². The lowest BCUT2D eigenvalue weighted by Crippen LogP contribution is -2.26. The Morgan fingerprint density at radius 1 is 0.886 bits per heavy atom. The number of nitrogens with two attached hydrogens (primary N) is 1.